The van der Waals surface area contributed by atoms with Gasteiger partial charge in [0.25, 0.3) is 0 Å². The summed E-state index contributed by atoms with van der Waals surface area (Å²) in [6.07, 6.45) is 1.42. The topological polar surface area (TPSA) is 79.8 Å². The van der Waals surface area contributed by atoms with Gasteiger partial charge in [0.15, 0.2) is 0 Å². The van der Waals surface area contributed by atoms with Crippen LogP contribution in [-0.2, 0) is 9.59 Å². The lowest BCUT2D eigenvalue weighted by molar-refractivity contribution is -0.136. The third-order valence-electron chi connectivity index (χ3n) is 3.82. The van der Waals surface area contributed by atoms with E-state index in [-0.39, 0.29) is 0 Å². The molecule has 0 aliphatic heterocycles. The van der Waals surface area contributed by atoms with Gasteiger partial charge >= 0.3 is 11.8 Å². The first-order valence-corrected chi connectivity index (χ1v) is 8.04. The van der Waals surface area contributed by atoms with Gasteiger partial charge in [0, 0.05) is 11.3 Å². The van der Waals surface area contributed by atoms with Crippen molar-refractivity contribution in [3.8, 4) is 5.75 Å². The summed E-state index contributed by atoms with van der Waals surface area (Å²) in [7, 11) is 1.54. The Hall–Kier alpha value is -3.74. The first kappa shape index (κ1) is 18.1. The van der Waals surface area contributed by atoms with E-state index in [1.165, 1.54) is 37.6 Å². The van der Waals surface area contributed by atoms with Crippen molar-refractivity contribution in [2.24, 2.45) is 5.10 Å². The molecule has 0 aliphatic carbocycles. The number of rotatable bonds is 4. The predicted octanol–water partition coefficient (Wildman–Crippen LogP) is 3.08. The van der Waals surface area contributed by atoms with Crippen molar-refractivity contribution in [2.75, 3.05) is 12.4 Å². The van der Waals surface area contributed by atoms with Gasteiger partial charge in [-0.05, 0) is 41.1 Å². The molecule has 2 N–H and O–H groups in total. The fourth-order valence-corrected chi connectivity index (χ4v) is 2.51. The molecule has 0 fully saturated rings. The minimum absolute atomic E-state index is 0.302. The van der Waals surface area contributed by atoms with Gasteiger partial charge < -0.3 is 10.1 Å². The van der Waals surface area contributed by atoms with Crippen LogP contribution in [0.15, 0.2) is 65.8 Å². The molecule has 7 heteroatoms. The molecule has 0 aliphatic rings. The number of halogens is 1. The number of ether oxygens (including phenoxy) is 1. The lowest BCUT2D eigenvalue weighted by Gasteiger charge is -2.08. The highest BCUT2D eigenvalue weighted by Crippen LogP contribution is 2.26. The van der Waals surface area contributed by atoms with Crippen LogP contribution >= 0.6 is 0 Å². The molecule has 0 bridgehead atoms. The van der Waals surface area contributed by atoms with Crippen molar-refractivity contribution in [3.63, 3.8) is 0 Å². The molecular formula is C20H16FN3O3. The highest BCUT2D eigenvalue weighted by molar-refractivity contribution is 6.39. The van der Waals surface area contributed by atoms with Crippen molar-refractivity contribution in [1.82, 2.24) is 5.43 Å². The van der Waals surface area contributed by atoms with Crippen LogP contribution in [0, 0.1) is 5.82 Å². The normalized spacial score (nSPS) is 10.7. The van der Waals surface area contributed by atoms with Gasteiger partial charge in [-0.1, -0.05) is 30.3 Å². The van der Waals surface area contributed by atoms with Crippen LogP contribution < -0.4 is 15.5 Å². The maximum Gasteiger partial charge on any atom is 0.329 e. The smallest absolute Gasteiger partial charge is 0.329 e. The number of amides is 2. The van der Waals surface area contributed by atoms with E-state index in [1.54, 1.807) is 6.07 Å². The molecule has 0 saturated heterocycles. The summed E-state index contributed by atoms with van der Waals surface area (Å²) in [6.45, 7) is 0. The minimum atomic E-state index is -0.949. The Kier molecular flexibility index (Phi) is 5.41. The van der Waals surface area contributed by atoms with E-state index in [1.807, 2.05) is 30.3 Å². The molecule has 27 heavy (non-hydrogen) atoms. The van der Waals surface area contributed by atoms with Gasteiger partial charge in [-0.2, -0.15) is 5.10 Å². The molecule has 3 rings (SSSR count). The third-order valence-corrected chi connectivity index (χ3v) is 3.82. The Balaban J connectivity index is 1.71. The van der Waals surface area contributed by atoms with E-state index < -0.39 is 17.6 Å². The monoisotopic (exact) mass is 365 g/mol. The van der Waals surface area contributed by atoms with Crippen LogP contribution in [-0.4, -0.2) is 25.1 Å². The number of benzene rings is 3. The van der Waals surface area contributed by atoms with E-state index in [4.69, 9.17) is 4.74 Å². The molecule has 3 aromatic rings. The van der Waals surface area contributed by atoms with Crippen molar-refractivity contribution in [3.05, 3.63) is 72.0 Å². The maximum absolute atomic E-state index is 12.9. The zero-order chi connectivity index (χ0) is 19.2. The zero-order valence-corrected chi connectivity index (χ0v) is 14.4. The Morgan fingerprint density at radius 1 is 1.00 bits per heavy atom. The van der Waals surface area contributed by atoms with E-state index >= 15 is 0 Å². The van der Waals surface area contributed by atoms with E-state index in [9.17, 15) is 14.0 Å². The highest BCUT2D eigenvalue weighted by atomic mass is 19.1. The largest absolute Gasteiger partial charge is 0.496 e. The van der Waals surface area contributed by atoms with Crippen molar-refractivity contribution >= 4 is 34.5 Å². The second kappa shape index (κ2) is 8.09. The van der Waals surface area contributed by atoms with Gasteiger partial charge in [0.1, 0.15) is 11.6 Å². The Morgan fingerprint density at radius 3 is 2.48 bits per heavy atom. The lowest BCUT2D eigenvalue weighted by Crippen LogP contribution is -2.32. The second-order valence-corrected chi connectivity index (χ2v) is 5.56. The van der Waals surface area contributed by atoms with Crippen LogP contribution in [0.4, 0.5) is 10.1 Å². The Morgan fingerprint density at radius 2 is 1.74 bits per heavy atom. The number of carbonyl (C=O) groups is 2. The summed E-state index contributed by atoms with van der Waals surface area (Å²) in [6, 6.07) is 16.4. The molecule has 0 radical (unpaired) electrons. The fraction of sp³-hybridized carbons (Fsp3) is 0.0500. The average molecular weight is 365 g/mol. The number of hydrazone groups is 1. The van der Waals surface area contributed by atoms with Gasteiger partial charge in [-0.15, -0.1) is 0 Å². The predicted molar refractivity (Wildman–Crippen MR) is 101 cm³/mol. The summed E-state index contributed by atoms with van der Waals surface area (Å²) < 4.78 is 18.2. The number of methoxy groups -OCH3 is 1. The average Bonchev–Trinajstić information content (AvgIpc) is 2.69. The number of fused-ring (bicyclic) bond motifs is 1. The third kappa shape index (κ3) is 4.27. The van der Waals surface area contributed by atoms with Crippen LogP contribution in [0.3, 0.4) is 0 Å². The number of nitrogens with zero attached hydrogens (tertiary/aromatic N) is 1. The van der Waals surface area contributed by atoms with Crippen LogP contribution in [0.1, 0.15) is 5.56 Å². The maximum atomic E-state index is 12.9. The molecule has 0 atom stereocenters. The van der Waals surface area contributed by atoms with Crippen LogP contribution in [0.5, 0.6) is 5.75 Å². The fourth-order valence-electron chi connectivity index (χ4n) is 2.51. The highest BCUT2D eigenvalue weighted by Gasteiger charge is 2.13. The Bertz CT molecular complexity index is 1020. The summed E-state index contributed by atoms with van der Waals surface area (Å²) in [5, 5.41) is 8.09. The van der Waals surface area contributed by atoms with Gasteiger partial charge in [0.05, 0.1) is 13.3 Å². The van der Waals surface area contributed by atoms with Crippen molar-refractivity contribution in [1.29, 1.82) is 0 Å². The number of hydrogen-bond acceptors (Lipinski definition) is 4. The van der Waals surface area contributed by atoms with Crippen LogP contribution in [0.25, 0.3) is 10.8 Å². The molecule has 2 amide bonds. The van der Waals surface area contributed by atoms with Gasteiger partial charge in [-0.3, -0.25) is 9.59 Å². The molecule has 0 unspecified atom stereocenters. The first-order valence-electron chi connectivity index (χ1n) is 8.04. The minimum Gasteiger partial charge on any atom is -0.496 e. The van der Waals surface area contributed by atoms with E-state index in [0.717, 1.165) is 10.8 Å². The number of nitrogens with one attached hydrogen (secondary N) is 2. The lowest BCUT2D eigenvalue weighted by atomic mass is 10.0. The van der Waals surface area contributed by atoms with Gasteiger partial charge in [0.2, 0.25) is 0 Å². The molecule has 0 heterocycles. The number of hydrogen-bond donors (Lipinski definition) is 2. The summed E-state index contributed by atoms with van der Waals surface area (Å²) in [4.78, 5) is 23.7. The molecule has 0 aromatic heterocycles. The quantitative estimate of drug-likeness (QED) is 0.424. The SMILES string of the molecule is COc1ccc2ccccc2c1/C=N\NC(=O)C(=O)Nc1ccc(F)cc1. The molecule has 136 valence electrons. The molecule has 6 nitrogen and oxygen atoms in total. The summed E-state index contributed by atoms with van der Waals surface area (Å²) >= 11 is 0. The van der Waals surface area contributed by atoms with E-state index in [0.29, 0.717) is 17.0 Å². The van der Waals surface area contributed by atoms with Crippen LogP contribution in [0.2, 0.25) is 0 Å². The Labute approximate surface area is 154 Å². The van der Waals surface area contributed by atoms with Gasteiger partial charge in [-0.25, -0.2) is 9.82 Å². The number of carbonyl (C=O) groups excluding carboxylic acids is 2. The molecule has 0 saturated carbocycles. The molecule has 3 aromatic carbocycles. The second-order valence-electron chi connectivity index (χ2n) is 5.56. The standard InChI is InChI=1S/C20H16FN3O3/c1-27-18-11-6-13-4-2-3-5-16(13)17(18)12-22-24-20(26)19(25)23-15-9-7-14(21)8-10-15/h2-12H,1H3,(H,23,25)(H,24,26)/b22-12-. The molecular weight excluding hydrogens is 349 g/mol. The van der Waals surface area contributed by atoms with Crippen molar-refractivity contribution < 1.29 is 18.7 Å². The van der Waals surface area contributed by atoms with E-state index in [2.05, 4.69) is 15.8 Å². The molecule has 0 spiro atoms. The first-order chi connectivity index (χ1) is 13.1. The summed E-state index contributed by atoms with van der Waals surface area (Å²) in [5.41, 5.74) is 3.15. The number of anilines is 1. The summed E-state index contributed by atoms with van der Waals surface area (Å²) in [5.74, 6) is -1.72. The zero-order valence-electron chi connectivity index (χ0n) is 14.4. The van der Waals surface area contributed by atoms with Crippen molar-refractivity contribution in [2.45, 2.75) is 0 Å².